The Bertz CT molecular complexity index is 426. The van der Waals surface area contributed by atoms with Crippen LogP contribution in [-0.4, -0.2) is 30.4 Å². The van der Waals surface area contributed by atoms with E-state index in [0.29, 0.717) is 12.6 Å². The Morgan fingerprint density at radius 1 is 1.44 bits per heavy atom. The molecule has 1 atom stereocenters. The molecule has 0 radical (unpaired) electrons. The molecule has 3 nitrogen and oxygen atoms in total. The maximum Gasteiger partial charge on any atom is 0.238 e. The van der Waals surface area contributed by atoms with Gasteiger partial charge in [-0.2, -0.15) is 0 Å². The van der Waals surface area contributed by atoms with Crippen molar-refractivity contribution in [3.8, 4) is 0 Å². The minimum absolute atomic E-state index is 0.0688. The zero-order valence-corrected chi connectivity index (χ0v) is 11.4. The van der Waals surface area contributed by atoms with Crippen LogP contribution in [0.4, 0.5) is 5.69 Å². The van der Waals surface area contributed by atoms with Crippen LogP contribution in [0.3, 0.4) is 0 Å². The van der Waals surface area contributed by atoms with Crippen molar-refractivity contribution in [2.45, 2.75) is 32.7 Å². The van der Waals surface area contributed by atoms with Gasteiger partial charge in [-0.3, -0.25) is 9.69 Å². The molecule has 0 saturated heterocycles. The monoisotopic (exact) mass is 246 g/mol. The first-order chi connectivity index (χ1) is 8.58. The fourth-order valence-electron chi connectivity index (χ4n) is 2.21. The number of hydrogen-bond donors (Lipinski definition) is 1. The van der Waals surface area contributed by atoms with Crippen LogP contribution in [0.25, 0.3) is 0 Å². The zero-order chi connectivity index (χ0) is 13.1. The molecule has 0 heterocycles. The molecule has 2 rings (SSSR count). The van der Waals surface area contributed by atoms with Gasteiger partial charge in [0.15, 0.2) is 0 Å². The number of aryl methyl sites for hydroxylation is 1. The number of rotatable bonds is 5. The third-order valence-corrected chi connectivity index (χ3v) is 3.81. The molecule has 1 unspecified atom stereocenters. The quantitative estimate of drug-likeness (QED) is 0.866. The van der Waals surface area contributed by atoms with Crippen molar-refractivity contribution < 1.29 is 4.79 Å². The summed E-state index contributed by atoms with van der Waals surface area (Å²) in [4.78, 5) is 14.1. The zero-order valence-electron chi connectivity index (χ0n) is 11.4. The van der Waals surface area contributed by atoms with Gasteiger partial charge >= 0.3 is 0 Å². The average Bonchev–Trinajstić information content (AvgIpc) is 3.15. The lowest BCUT2D eigenvalue weighted by Gasteiger charge is -2.24. The number of amides is 1. The number of hydrogen-bond acceptors (Lipinski definition) is 2. The van der Waals surface area contributed by atoms with E-state index in [-0.39, 0.29) is 5.91 Å². The summed E-state index contributed by atoms with van der Waals surface area (Å²) in [5, 5.41) is 2.97. The Morgan fingerprint density at radius 2 is 2.11 bits per heavy atom. The third kappa shape index (κ3) is 3.33. The van der Waals surface area contributed by atoms with E-state index in [1.165, 1.54) is 12.8 Å². The van der Waals surface area contributed by atoms with E-state index in [9.17, 15) is 4.79 Å². The summed E-state index contributed by atoms with van der Waals surface area (Å²) < 4.78 is 0. The normalized spacial score (nSPS) is 16.7. The van der Waals surface area contributed by atoms with Crippen LogP contribution in [-0.2, 0) is 4.79 Å². The van der Waals surface area contributed by atoms with Crippen molar-refractivity contribution in [1.82, 2.24) is 4.90 Å². The highest BCUT2D eigenvalue weighted by atomic mass is 16.2. The second kappa shape index (κ2) is 5.53. The minimum atomic E-state index is 0.0688. The lowest BCUT2D eigenvalue weighted by atomic mass is 10.2. The highest BCUT2D eigenvalue weighted by molar-refractivity contribution is 5.92. The maximum atomic E-state index is 12.0. The van der Waals surface area contributed by atoms with Crippen molar-refractivity contribution in [2.75, 3.05) is 18.9 Å². The third-order valence-electron chi connectivity index (χ3n) is 3.81. The molecule has 18 heavy (non-hydrogen) atoms. The number of likely N-dealkylation sites (N-methyl/N-ethyl adjacent to an activating group) is 1. The Balaban J connectivity index is 1.86. The molecule has 1 N–H and O–H groups in total. The van der Waals surface area contributed by atoms with Gasteiger partial charge in [0.05, 0.1) is 6.54 Å². The van der Waals surface area contributed by atoms with Gasteiger partial charge in [-0.25, -0.2) is 0 Å². The van der Waals surface area contributed by atoms with Gasteiger partial charge in [0, 0.05) is 11.7 Å². The SMILES string of the molecule is Cc1ccccc1NC(=O)CN(C)C(C)C1CC1. The van der Waals surface area contributed by atoms with E-state index in [1.54, 1.807) is 0 Å². The summed E-state index contributed by atoms with van der Waals surface area (Å²) in [7, 11) is 2.03. The van der Waals surface area contributed by atoms with Crippen molar-refractivity contribution in [3.05, 3.63) is 29.8 Å². The Morgan fingerprint density at radius 3 is 2.72 bits per heavy atom. The maximum absolute atomic E-state index is 12.0. The predicted octanol–water partition coefficient (Wildman–Crippen LogP) is 2.66. The first kappa shape index (κ1) is 13.1. The molecule has 1 amide bonds. The van der Waals surface area contributed by atoms with Gasteiger partial charge in [-0.15, -0.1) is 0 Å². The molecule has 0 aliphatic heterocycles. The molecule has 1 aliphatic carbocycles. The molecule has 0 spiro atoms. The number of anilines is 1. The first-order valence-electron chi connectivity index (χ1n) is 6.63. The molecular formula is C15H22N2O. The lowest BCUT2D eigenvalue weighted by Crippen LogP contribution is -2.37. The smallest absolute Gasteiger partial charge is 0.238 e. The van der Waals surface area contributed by atoms with Gasteiger partial charge in [-0.05, 0) is 51.3 Å². The summed E-state index contributed by atoms with van der Waals surface area (Å²) in [6.45, 7) is 4.68. The molecule has 0 bridgehead atoms. The van der Waals surface area contributed by atoms with Gasteiger partial charge in [0.1, 0.15) is 0 Å². The second-order valence-corrected chi connectivity index (χ2v) is 5.36. The van der Waals surface area contributed by atoms with Crippen molar-refractivity contribution in [3.63, 3.8) is 0 Å². The summed E-state index contributed by atoms with van der Waals surface area (Å²) >= 11 is 0. The fraction of sp³-hybridized carbons (Fsp3) is 0.533. The van der Waals surface area contributed by atoms with Crippen LogP contribution >= 0.6 is 0 Å². The molecular weight excluding hydrogens is 224 g/mol. The molecule has 98 valence electrons. The first-order valence-corrected chi connectivity index (χ1v) is 6.63. The Kier molecular flexibility index (Phi) is 4.02. The van der Waals surface area contributed by atoms with Crippen LogP contribution in [0.1, 0.15) is 25.3 Å². The van der Waals surface area contributed by atoms with E-state index < -0.39 is 0 Å². The highest BCUT2D eigenvalue weighted by Gasteiger charge is 2.30. The molecule has 1 aliphatic rings. The van der Waals surface area contributed by atoms with Crippen molar-refractivity contribution >= 4 is 11.6 Å². The number of benzene rings is 1. The van der Waals surface area contributed by atoms with Crippen molar-refractivity contribution in [2.24, 2.45) is 5.92 Å². The number of carbonyl (C=O) groups is 1. The minimum Gasteiger partial charge on any atom is -0.325 e. The second-order valence-electron chi connectivity index (χ2n) is 5.36. The van der Waals surface area contributed by atoms with Crippen LogP contribution in [0.5, 0.6) is 0 Å². The molecule has 1 saturated carbocycles. The molecule has 1 fully saturated rings. The summed E-state index contributed by atoms with van der Waals surface area (Å²) in [5.41, 5.74) is 2.01. The van der Waals surface area contributed by atoms with Crippen LogP contribution in [0.15, 0.2) is 24.3 Å². The largest absolute Gasteiger partial charge is 0.325 e. The van der Waals surface area contributed by atoms with Crippen LogP contribution in [0.2, 0.25) is 0 Å². The summed E-state index contributed by atoms with van der Waals surface area (Å²) in [6, 6.07) is 8.38. The van der Waals surface area contributed by atoms with Gasteiger partial charge in [0.25, 0.3) is 0 Å². The summed E-state index contributed by atoms with van der Waals surface area (Å²) in [5.74, 6) is 0.862. The molecule has 1 aromatic carbocycles. The van der Waals surface area contributed by atoms with Gasteiger partial charge < -0.3 is 5.32 Å². The molecule has 1 aromatic rings. The molecule has 0 aromatic heterocycles. The van der Waals surface area contributed by atoms with Crippen LogP contribution in [0, 0.1) is 12.8 Å². The lowest BCUT2D eigenvalue weighted by molar-refractivity contribution is -0.117. The van der Waals surface area contributed by atoms with E-state index >= 15 is 0 Å². The Hall–Kier alpha value is -1.35. The van der Waals surface area contributed by atoms with E-state index in [2.05, 4.69) is 17.1 Å². The number of para-hydroxylation sites is 1. The average molecular weight is 246 g/mol. The summed E-state index contributed by atoms with van der Waals surface area (Å²) in [6.07, 6.45) is 2.62. The topological polar surface area (TPSA) is 32.3 Å². The standard InChI is InChI=1S/C15H22N2O/c1-11-6-4-5-7-14(11)16-15(18)10-17(3)12(2)13-8-9-13/h4-7,12-13H,8-10H2,1-3H3,(H,16,18). The predicted molar refractivity (Wildman–Crippen MR) is 74.6 cm³/mol. The van der Waals surface area contributed by atoms with Gasteiger partial charge in [0.2, 0.25) is 5.91 Å². The molecule has 3 heteroatoms. The number of carbonyl (C=O) groups excluding carboxylic acids is 1. The number of nitrogens with zero attached hydrogens (tertiary/aromatic N) is 1. The fourth-order valence-corrected chi connectivity index (χ4v) is 2.21. The van der Waals surface area contributed by atoms with E-state index in [0.717, 1.165) is 17.2 Å². The Labute approximate surface area is 109 Å². The number of nitrogens with one attached hydrogen (secondary N) is 1. The van der Waals surface area contributed by atoms with Gasteiger partial charge in [-0.1, -0.05) is 18.2 Å². The van der Waals surface area contributed by atoms with Crippen LogP contribution < -0.4 is 5.32 Å². The van der Waals surface area contributed by atoms with E-state index in [1.807, 2.05) is 38.2 Å². The van der Waals surface area contributed by atoms with E-state index in [4.69, 9.17) is 0 Å². The van der Waals surface area contributed by atoms with Crippen molar-refractivity contribution in [1.29, 1.82) is 0 Å². The highest BCUT2D eigenvalue weighted by Crippen LogP contribution is 2.34.